The summed E-state index contributed by atoms with van der Waals surface area (Å²) in [5.74, 6) is 0.0626. The molecule has 0 aliphatic carbocycles. The summed E-state index contributed by atoms with van der Waals surface area (Å²) in [6, 6.07) is 11.5. The molecule has 2 aromatic carbocycles. The van der Waals surface area contributed by atoms with Gasteiger partial charge in [-0.3, -0.25) is 14.4 Å². The van der Waals surface area contributed by atoms with E-state index in [-0.39, 0.29) is 51.3 Å². The fourth-order valence-electron chi connectivity index (χ4n) is 4.44. The predicted molar refractivity (Wildman–Crippen MR) is 148 cm³/mol. The molecule has 1 atom stereocenters. The number of fused-ring (bicyclic) bond motifs is 1. The van der Waals surface area contributed by atoms with Crippen LogP contribution in [0.3, 0.4) is 0 Å². The number of nitrogens with one attached hydrogen (secondary N) is 1. The van der Waals surface area contributed by atoms with Gasteiger partial charge >= 0.3 is 12.1 Å². The third kappa shape index (κ3) is 7.65. The molecule has 41 heavy (non-hydrogen) atoms. The molecule has 0 aromatic heterocycles. The number of piperazine rings is 1. The van der Waals surface area contributed by atoms with E-state index in [1.165, 1.54) is 4.90 Å². The smallest absolute Gasteiger partial charge is 0.435 e. The molecule has 4 rings (SSSR count). The fraction of sp³-hybridized carbons (Fsp3) is 0.393. The van der Waals surface area contributed by atoms with Crippen molar-refractivity contribution in [1.82, 2.24) is 10.2 Å². The maximum atomic E-state index is 13.0. The van der Waals surface area contributed by atoms with Crippen LogP contribution in [-0.4, -0.2) is 80.8 Å². The number of benzene rings is 2. The third-order valence-electron chi connectivity index (χ3n) is 6.47. The molecule has 1 fully saturated rings. The van der Waals surface area contributed by atoms with E-state index in [4.69, 9.17) is 24.7 Å². The maximum Gasteiger partial charge on any atom is 0.435 e. The highest BCUT2D eigenvalue weighted by molar-refractivity contribution is 6.03. The number of amidine groups is 1. The Morgan fingerprint density at radius 1 is 1.02 bits per heavy atom. The number of anilines is 1. The Bertz CT molecular complexity index is 1310. The molecule has 0 bridgehead atoms. The van der Waals surface area contributed by atoms with Crippen LogP contribution in [0.1, 0.15) is 37.4 Å². The number of hydrogen-bond acceptors (Lipinski definition) is 9. The minimum Gasteiger partial charge on any atom is -0.466 e. The Morgan fingerprint density at radius 3 is 2.46 bits per heavy atom. The summed E-state index contributed by atoms with van der Waals surface area (Å²) in [4.78, 5) is 56.8. The van der Waals surface area contributed by atoms with Gasteiger partial charge in [0.25, 0.3) is 0 Å². The summed E-state index contributed by atoms with van der Waals surface area (Å²) in [7, 11) is 0. The second kappa shape index (κ2) is 13.5. The van der Waals surface area contributed by atoms with Crippen LogP contribution >= 0.6 is 0 Å². The molecule has 2 heterocycles. The summed E-state index contributed by atoms with van der Waals surface area (Å²) in [6.45, 7) is 4.65. The summed E-state index contributed by atoms with van der Waals surface area (Å²) in [6.07, 6.45) is -0.839. The number of aliphatic imine (C=N–C) groups is 1. The number of nitrogens with two attached hydrogens (primary N) is 1. The monoisotopic (exact) mass is 567 g/mol. The van der Waals surface area contributed by atoms with Crippen LogP contribution in [-0.2, 0) is 23.9 Å². The van der Waals surface area contributed by atoms with E-state index >= 15 is 0 Å². The van der Waals surface area contributed by atoms with Crippen LogP contribution in [0, 0.1) is 0 Å². The minimum absolute atomic E-state index is 0.0314. The van der Waals surface area contributed by atoms with Gasteiger partial charge in [-0.1, -0.05) is 6.07 Å². The second-order valence-electron chi connectivity index (χ2n) is 9.22. The van der Waals surface area contributed by atoms with Gasteiger partial charge in [-0.2, -0.15) is 4.99 Å². The van der Waals surface area contributed by atoms with Crippen LogP contribution in [0.25, 0.3) is 0 Å². The van der Waals surface area contributed by atoms with Gasteiger partial charge in [0.05, 0.1) is 38.8 Å². The number of ether oxygens (including phenoxy) is 4. The van der Waals surface area contributed by atoms with E-state index in [0.29, 0.717) is 35.7 Å². The largest absolute Gasteiger partial charge is 0.466 e. The molecule has 3 N–H and O–H groups in total. The van der Waals surface area contributed by atoms with Crippen molar-refractivity contribution in [2.24, 2.45) is 10.7 Å². The average molecular weight is 568 g/mol. The van der Waals surface area contributed by atoms with Crippen LogP contribution in [0.4, 0.5) is 10.5 Å². The van der Waals surface area contributed by atoms with E-state index in [1.54, 1.807) is 56.3 Å². The SMILES string of the molecule is CCOC(=O)CC(NC(=O)CN1CCN(c2ccc(/C(N)=N/C(=O)OCC)cc2)CC1=O)c1ccc2c(c1)OCO2. The fourth-order valence-corrected chi connectivity index (χ4v) is 4.44. The first-order valence-corrected chi connectivity index (χ1v) is 13.3. The first-order valence-electron chi connectivity index (χ1n) is 13.3. The van der Waals surface area contributed by atoms with Gasteiger partial charge in [0.1, 0.15) is 5.84 Å². The molecule has 13 nitrogen and oxygen atoms in total. The number of carbonyl (C=O) groups is 4. The highest BCUT2D eigenvalue weighted by Crippen LogP contribution is 2.35. The van der Waals surface area contributed by atoms with Gasteiger partial charge in [0, 0.05) is 24.3 Å². The molecule has 0 radical (unpaired) electrons. The van der Waals surface area contributed by atoms with Crippen molar-refractivity contribution in [3.8, 4) is 11.5 Å². The number of hydrogen-bond donors (Lipinski definition) is 2. The second-order valence-corrected chi connectivity index (χ2v) is 9.22. The summed E-state index contributed by atoms with van der Waals surface area (Å²) in [5.41, 5.74) is 7.86. The zero-order chi connectivity index (χ0) is 29.4. The molecule has 2 aromatic rings. The van der Waals surface area contributed by atoms with E-state index in [0.717, 1.165) is 5.69 Å². The molecule has 1 saturated heterocycles. The van der Waals surface area contributed by atoms with Gasteiger partial charge in [0.15, 0.2) is 11.5 Å². The van der Waals surface area contributed by atoms with Crippen LogP contribution in [0.15, 0.2) is 47.5 Å². The Kier molecular flexibility index (Phi) is 9.61. The number of nitrogens with zero attached hydrogens (tertiary/aromatic N) is 3. The Labute approximate surface area is 237 Å². The van der Waals surface area contributed by atoms with Crippen LogP contribution in [0.5, 0.6) is 11.5 Å². The van der Waals surface area contributed by atoms with Crippen molar-refractivity contribution in [1.29, 1.82) is 0 Å². The lowest BCUT2D eigenvalue weighted by atomic mass is 10.0. The third-order valence-corrected chi connectivity index (χ3v) is 6.47. The van der Waals surface area contributed by atoms with Gasteiger partial charge < -0.3 is 39.8 Å². The molecule has 0 saturated carbocycles. The van der Waals surface area contributed by atoms with Crippen molar-refractivity contribution in [3.63, 3.8) is 0 Å². The predicted octanol–water partition coefficient (Wildman–Crippen LogP) is 1.74. The topological polar surface area (TPSA) is 162 Å². The lowest BCUT2D eigenvalue weighted by molar-refractivity contribution is -0.144. The lowest BCUT2D eigenvalue weighted by Crippen LogP contribution is -2.53. The summed E-state index contributed by atoms with van der Waals surface area (Å²) in [5, 5.41) is 2.86. The van der Waals surface area contributed by atoms with Gasteiger partial charge in [-0.05, 0) is 55.8 Å². The first kappa shape index (κ1) is 29.2. The van der Waals surface area contributed by atoms with Crippen molar-refractivity contribution < 1.29 is 38.1 Å². The standard InChI is InChI=1S/C28H33N5O8/c1-3-38-26(36)14-21(19-7-10-22-23(13-19)41-17-40-22)30-24(34)15-33-12-11-32(16-25(33)35)20-8-5-18(6-9-20)27(29)31-28(37)39-4-2/h5-10,13,21H,3-4,11-12,14-17H2,1-2H3,(H,30,34)(H2,29,31,37). The van der Waals surface area contributed by atoms with Crippen molar-refractivity contribution >= 4 is 35.4 Å². The maximum absolute atomic E-state index is 13.0. The van der Waals surface area contributed by atoms with Gasteiger partial charge in [-0.25, -0.2) is 4.79 Å². The average Bonchev–Trinajstić information content (AvgIpc) is 3.42. The highest BCUT2D eigenvalue weighted by Gasteiger charge is 2.28. The number of rotatable bonds is 10. The Morgan fingerprint density at radius 2 is 1.76 bits per heavy atom. The molecule has 2 aliphatic heterocycles. The zero-order valence-electron chi connectivity index (χ0n) is 23.0. The van der Waals surface area contributed by atoms with Gasteiger partial charge in [-0.15, -0.1) is 0 Å². The number of carbonyl (C=O) groups excluding carboxylic acids is 4. The Balaban J connectivity index is 1.35. The van der Waals surface area contributed by atoms with Gasteiger partial charge in [0.2, 0.25) is 18.6 Å². The molecular formula is C28H33N5O8. The Hall–Kier alpha value is -4.81. The lowest BCUT2D eigenvalue weighted by Gasteiger charge is -2.35. The molecule has 13 heteroatoms. The molecule has 1 unspecified atom stereocenters. The molecule has 0 spiro atoms. The summed E-state index contributed by atoms with van der Waals surface area (Å²) < 4.78 is 20.6. The van der Waals surface area contributed by atoms with Crippen molar-refractivity contribution in [3.05, 3.63) is 53.6 Å². The van der Waals surface area contributed by atoms with E-state index in [2.05, 4.69) is 10.3 Å². The van der Waals surface area contributed by atoms with Crippen molar-refractivity contribution in [2.75, 3.05) is 51.1 Å². The highest BCUT2D eigenvalue weighted by atomic mass is 16.7. The summed E-state index contributed by atoms with van der Waals surface area (Å²) >= 11 is 0. The zero-order valence-corrected chi connectivity index (χ0v) is 23.0. The number of amides is 3. The van der Waals surface area contributed by atoms with E-state index in [1.807, 2.05) is 4.90 Å². The number of esters is 1. The quantitative estimate of drug-likeness (QED) is 0.246. The molecule has 218 valence electrons. The van der Waals surface area contributed by atoms with E-state index in [9.17, 15) is 19.2 Å². The molecule has 3 amide bonds. The van der Waals surface area contributed by atoms with Crippen LogP contribution < -0.4 is 25.4 Å². The molecule has 2 aliphatic rings. The first-order chi connectivity index (χ1) is 19.8. The van der Waals surface area contributed by atoms with Crippen LogP contribution in [0.2, 0.25) is 0 Å². The normalized spacial score (nSPS) is 15.4. The van der Waals surface area contributed by atoms with E-state index < -0.39 is 24.0 Å². The van der Waals surface area contributed by atoms with Crippen molar-refractivity contribution in [2.45, 2.75) is 26.3 Å². The minimum atomic E-state index is -0.761. The molecular weight excluding hydrogens is 534 g/mol.